The second-order valence-electron chi connectivity index (χ2n) is 2.97. The highest BCUT2D eigenvalue weighted by Crippen LogP contribution is 2.30. The van der Waals surface area contributed by atoms with Crippen molar-refractivity contribution < 1.29 is 4.42 Å². The fourth-order valence-electron chi connectivity index (χ4n) is 1.27. The van der Waals surface area contributed by atoms with Crippen LogP contribution in [0.1, 0.15) is 0 Å². The molecular weight excluding hydrogens is 182 g/mol. The Hall–Kier alpha value is -2.17. The van der Waals surface area contributed by atoms with Crippen molar-refractivity contribution in [2.24, 2.45) is 0 Å². The summed E-state index contributed by atoms with van der Waals surface area (Å²) in [5.74, 6) is 0. The predicted molar refractivity (Wildman–Crippen MR) is 55.7 cm³/mol. The Morgan fingerprint density at radius 3 is 2.50 bits per heavy atom. The van der Waals surface area contributed by atoms with Crippen LogP contribution in [0, 0.1) is 0 Å². The summed E-state index contributed by atoms with van der Waals surface area (Å²) in [6, 6.07) is 4.51. The Balaban J connectivity index is 2.99. The third-order valence-electron chi connectivity index (χ3n) is 2.02. The molecule has 0 bridgehead atoms. The van der Waals surface area contributed by atoms with E-state index in [0.29, 0.717) is 11.1 Å². The Morgan fingerprint density at radius 2 is 1.79 bits per heavy atom. The lowest BCUT2D eigenvalue weighted by molar-refractivity contribution is 0.562. The number of hydrogen-bond donors (Lipinski definition) is 3. The highest BCUT2D eigenvalue weighted by Gasteiger charge is 2.08. The molecule has 0 fully saturated rings. The van der Waals surface area contributed by atoms with Gasteiger partial charge in [0, 0.05) is 11.5 Å². The molecule has 2 rings (SSSR count). The lowest BCUT2D eigenvalue weighted by Gasteiger charge is -2.06. The van der Waals surface area contributed by atoms with Crippen molar-refractivity contribution in [1.82, 2.24) is 0 Å². The maximum absolute atomic E-state index is 10.9. The Morgan fingerprint density at radius 1 is 1.07 bits per heavy atom. The largest absolute Gasteiger partial charge is 0.420 e. The first-order valence-corrected chi connectivity index (χ1v) is 3.97. The van der Waals surface area contributed by atoms with Crippen LogP contribution < -0.4 is 22.8 Å². The molecule has 0 amide bonds. The van der Waals surface area contributed by atoms with Gasteiger partial charge in [-0.1, -0.05) is 0 Å². The van der Waals surface area contributed by atoms with Gasteiger partial charge in [-0.2, -0.15) is 0 Å². The fourth-order valence-corrected chi connectivity index (χ4v) is 1.27. The molecule has 0 spiro atoms. The number of fused-ring (bicyclic) bond motifs is 1. The van der Waals surface area contributed by atoms with E-state index in [1.54, 1.807) is 12.1 Å². The number of anilines is 3. The summed E-state index contributed by atoms with van der Waals surface area (Å²) >= 11 is 0. The van der Waals surface area contributed by atoms with Crippen molar-refractivity contribution in [2.75, 3.05) is 17.2 Å². The SMILES string of the molecule is Nc1cc2ccc(=O)oc2c(N)c1N. The molecule has 0 saturated carbocycles. The molecule has 0 radical (unpaired) electrons. The highest BCUT2D eigenvalue weighted by molar-refractivity contribution is 5.99. The second kappa shape index (κ2) is 2.66. The first kappa shape index (κ1) is 8.43. The maximum atomic E-state index is 10.9. The highest BCUT2D eigenvalue weighted by atomic mass is 16.4. The zero-order valence-corrected chi connectivity index (χ0v) is 7.28. The molecule has 0 aliphatic carbocycles. The molecule has 0 unspecified atom stereocenters. The molecule has 14 heavy (non-hydrogen) atoms. The zero-order chi connectivity index (χ0) is 10.3. The topological polar surface area (TPSA) is 108 Å². The molecule has 6 N–H and O–H groups in total. The first-order valence-electron chi connectivity index (χ1n) is 3.97. The maximum Gasteiger partial charge on any atom is 0.336 e. The van der Waals surface area contributed by atoms with E-state index in [2.05, 4.69) is 0 Å². The number of benzene rings is 1. The summed E-state index contributed by atoms with van der Waals surface area (Å²) in [5, 5.41) is 0.661. The Bertz CT molecular complexity index is 560. The van der Waals surface area contributed by atoms with E-state index in [0.717, 1.165) is 0 Å². The monoisotopic (exact) mass is 191 g/mol. The van der Waals surface area contributed by atoms with Crippen LogP contribution in [0.3, 0.4) is 0 Å². The van der Waals surface area contributed by atoms with Gasteiger partial charge in [0.25, 0.3) is 0 Å². The minimum atomic E-state index is -0.464. The van der Waals surface area contributed by atoms with Gasteiger partial charge in [0.2, 0.25) is 0 Å². The number of nitrogens with two attached hydrogens (primary N) is 3. The van der Waals surface area contributed by atoms with Crippen LogP contribution in [-0.4, -0.2) is 0 Å². The van der Waals surface area contributed by atoms with Crippen LogP contribution in [0.5, 0.6) is 0 Å². The van der Waals surface area contributed by atoms with Crippen molar-refractivity contribution in [1.29, 1.82) is 0 Å². The molecule has 5 heteroatoms. The van der Waals surface area contributed by atoms with E-state index in [-0.39, 0.29) is 17.0 Å². The van der Waals surface area contributed by atoms with Crippen molar-refractivity contribution in [3.63, 3.8) is 0 Å². The second-order valence-corrected chi connectivity index (χ2v) is 2.97. The van der Waals surface area contributed by atoms with Crippen molar-refractivity contribution >= 4 is 28.0 Å². The van der Waals surface area contributed by atoms with Crippen molar-refractivity contribution in [3.05, 3.63) is 28.6 Å². The Labute approximate surface area is 79.1 Å². The van der Waals surface area contributed by atoms with Gasteiger partial charge in [0.15, 0.2) is 5.58 Å². The lowest BCUT2D eigenvalue weighted by Crippen LogP contribution is -2.03. The van der Waals surface area contributed by atoms with E-state index < -0.39 is 5.63 Å². The zero-order valence-electron chi connectivity index (χ0n) is 7.28. The van der Waals surface area contributed by atoms with Gasteiger partial charge in [0.1, 0.15) is 5.69 Å². The molecule has 1 aromatic carbocycles. The van der Waals surface area contributed by atoms with Crippen LogP contribution in [0.25, 0.3) is 11.0 Å². The molecule has 72 valence electrons. The van der Waals surface area contributed by atoms with Crippen LogP contribution in [-0.2, 0) is 0 Å². The average molecular weight is 191 g/mol. The van der Waals surface area contributed by atoms with Gasteiger partial charge in [-0.3, -0.25) is 0 Å². The number of hydrogen-bond acceptors (Lipinski definition) is 5. The average Bonchev–Trinajstić information content (AvgIpc) is 2.16. The molecule has 0 saturated heterocycles. The summed E-state index contributed by atoms with van der Waals surface area (Å²) in [6.07, 6.45) is 0. The minimum Gasteiger partial charge on any atom is -0.420 e. The van der Waals surface area contributed by atoms with Gasteiger partial charge in [0.05, 0.1) is 11.4 Å². The lowest BCUT2D eigenvalue weighted by atomic mass is 10.1. The van der Waals surface area contributed by atoms with Crippen LogP contribution in [0.4, 0.5) is 17.1 Å². The van der Waals surface area contributed by atoms with E-state index >= 15 is 0 Å². The Kier molecular flexibility index (Phi) is 1.60. The van der Waals surface area contributed by atoms with Gasteiger partial charge in [-0.05, 0) is 12.1 Å². The van der Waals surface area contributed by atoms with E-state index in [1.807, 2.05) is 0 Å². The third-order valence-corrected chi connectivity index (χ3v) is 2.02. The van der Waals surface area contributed by atoms with E-state index in [9.17, 15) is 4.79 Å². The molecule has 1 heterocycles. The van der Waals surface area contributed by atoms with Crippen LogP contribution in [0.2, 0.25) is 0 Å². The molecule has 1 aromatic heterocycles. The number of nitrogen functional groups attached to an aromatic ring is 3. The van der Waals surface area contributed by atoms with Gasteiger partial charge >= 0.3 is 5.63 Å². The van der Waals surface area contributed by atoms with Crippen molar-refractivity contribution in [3.8, 4) is 0 Å². The summed E-state index contributed by atoms with van der Waals surface area (Å²) in [7, 11) is 0. The first-order chi connectivity index (χ1) is 6.59. The predicted octanol–water partition coefficient (Wildman–Crippen LogP) is 0.540. The quantitative estimate of drug-likeness (QED) is 0.416. The summed E-state index contributed by atoms with van der Waals surface area (Å²) in [4.78, 5) is 10.9. The molecule has 0 aliphatic rings. The molecule has 2 aromatic rings. The van der Waals surface area contributed by atoms with Gasteiger partial charge in [-0.15, -0.1) is 0 Å². The van der Waals surface area contributed by atoms with Gasteiger partial charge < -0.3 is 21.6 Å². The minimum absolute atomic E-state index is 0.206. The number of rotatable bonds is 0. The van der Waals surface area contributed by atoms with Crippen molar-refractivity contribution in [2.45, 2.75) is 0 Å². The van der Waals surface area contributed by atoms with E-state index in [4.69, 9.17) is 21.6 Å². The fraction of sp³-hybridized carbons (Fsp3) is 0. The van der Waals surface area contributed by atoms with Crippen LogP contribution in [0.15, 0.2) is 27.4 Å². The third kappa shape index (κ3) is 1.06. The standard InChI is InChI=1S/C9H9N3O2/c10-5-3-4-1-2-6(13)14-9(4)8(12)7(5)11/h1-3H,10-12H2. The summed E-state index contributed by atoms with van der Waals surface area (Å²) in [5.41, 5.74) is 17.5. The molecule has 5 nitrogen and oxygen atoms in total. The van der Waals surface area contributed by atoms with Crippen LogP contribution >= 0.6 is 0 Å². The van der Waals surface area contributed by atoms with Gasteiger partial charge in [-0.25, -0.2) is 4.79 Å². The smallest absolute Gasteiger partial charge is 0.336 e. The normalized spacial score (nSPS) is 10.6. The molecular formula is C9H9N3O2. The summed E-state index contributed by atoms with van der Waals surface area (Å²) < 4.78 is 4.91. The van der Waals surface area contributed by atoms with E-state index in [1.165, 1.54) is 6.07 Å². The molecule has 0 atom stereocenters. The summed E-state index contributed by atoms with van der Waals surface area (Å²) in [6.45, 7) is 0. The molecule has 0 aliphatic heterocycles.